The molecule has 1 fully saturated rings. The Morgan fingerprint density at radius 1 is 1.29 bits per heavy atom. The van der Waals surface area contributed by atoms with E-state index in [-0.39, 0.29) is 36.1 Å². The number of nitrogens with two attached hydrogens (primary N) is 1. The Bertz CT molecular complexity index is 1330. The lowest BCUT2D eigenvalue weighted by Gasteiger charge is -2.26. The predicted octanol–water partition coefficient (Wildman–Crippen LogP) is 3.53. The number of halogens is 3. The number of carbonyl (C=O) groups is 1. The zero-order valence-corrected chi connectivity index (χ0v) is 19.1. The summed E-state index contributed by atoms with van der Waals surface area (Å²) in [7, 11) is 1.75. The summed E-state index contributed by atoms with van der Waals surface area (Å²) in [5, 5.41) is 8.15. The van der Waals surface area contributed by atoms with Gasteiger partial charge in [-0.15, -0.1) is 12.4 Å². The number of rotatable bonds is 5. The van der Waals surface area contributed by atoms with Gasteiger partial charge < -0.3 is 20.8 Å². The van der Waals surface area contributed by atoms with Gasteiger partial charge in [-0.2, -0.15) is 13.9 Å². The van der Waals surface area contributed by atoms with Crippen molar-refractivity contribution in [2.75, 3.05) is 0 Å². The molecule has 3 aromatic heterocycles. The molecule has 34 heavy (non-hydrogen) atoms. The fourth-order valence-corrected chi connectivity index (χ4v) is 4.32. The van der Waals surface area contributed by atoms with E-state index in [0.29, 0.717) is 33.5 Å². The normalized spacial score (nSPS) is 18.3. The summed E-state index contributed by atoms with van der Waals surface area (Å²) < 4.78 is 31.5. The molecule has 0 radical (unpaired) electrons. The summed E-state index contributed by atoms with van der Waals surface area (Å²) in [5.41, 5.74) is 8.81. The second-order valence-electron chi connectivity index (χ2n) is 8.27. The number of nitrogens with zero attached hydrogens (tertiary/aromatic N) is 4. The second-order valence-corrected chi connectivity index (χ2v) is 8.27. The van der Waals surface area contributed by atoms with E-state index in [1.165, 1.54) is 18.3 Å². The fourth-order valence-electron chi connectivity index (χ4n) is 4.32. The Balaban J connectivity index is 0.00000274. The van der Waals surface area contributed by atoms with Crippen molar-refractivity contribution < 1.29 is 18.3 Å². The zero-order valence-electron chi connectivity index (χ0n) is 18.3. The van der Waals surface area contributed by atoms with Crippen LogP contribution < -0.4 is 15.8 Å². The summed E-state index contributed by atoms with van der Waals surface area (Å²) in [4.78, 5) is 25.0. The monoisotopic (exact) mass is 491 g/mol. The van der Waals surface area contributed by atoms with Crippen molar-refractivity contribution in [3.63, 3.8) is 0 Å². The Hall–Kier alpha value is -3.31. The Labute approximate surface area is 199 Å². The van der Waals surface area contributed by atoms with E-state index >= 15 is 0 Å². The van der Waals surface area contributed by atoms with Gasteiger partial charge in [0.1, 0.15) is 22.7 Å². The lowest BCUT2D eigenvalue weighted by Crippen LogP contribution is -2.40. The molecule has 0 saturated heterocycles. The van der Waals surface area contributed by atoms with E-state index in [2.05, 4.69) is 30.1 Å². The van der Waals surface area contributed by atoms with Crippen molar-refractivity contribution >= 4 is 40.4 Å². The van der Waals surface area contributed by atoms with E-state index in [9.17, 15) is 13.6 Å². The molecule has 0 aliphatic heterocycles. The number of hydrogen-bond donors (Lipinski definition) is 3. The number of hydrogen-bond acceptors (Lipinski definition) is 6. The van der Waals surface area contributed by atoms with E-state index in [0.717, 1.165) is 31.2 Å². The number of aromatic nitrogens is 5. The molecular weight excluding hydrogens is 468 g/mol. The third-order valence-electron chi connectivity index (χ3n) is 6.02. The highest BCUT2D eigenvalue weighted by Gasteiger charge is 2.23. The van der Waals surface area contributed by atoms with Crippen LogP contribution in [-0.4, -0.2) is 49.3 Å². The predicted molar refractivity (Wildman–Crippen MR) is 125 cm³/mol. The van der Waals surface area contributed by atoms with Crippen LogP contribution >= 0.6 is 12.4 Å². The van der Waals surface area contributed by atoms with Crippen LogP contribution in [0.15, 0.2) is 30.6 Å². The molecule has 12 heteroatoms. The number of amides is 1. The molecule has 9 nitrogen and oxygen atoms in total. The summed E-state index contributed by atoms with van der Waals surface area (Å²) in [6.45, 7) is -2.93. The molecule has 1 aliphatic rings. The number of H-pyrrole nitrogens is 1. The van der Waals surface area contributed by atoms with Crippen LogP contribution in [0.4, 0.5) is 8.78 Å². The molecule has 180 valence electrons. The van der Waals surface area contributed by atoms with Gasteiger partial charge in [-0.3, -0.25) is 9.48 Å². The average molecular weight is 492 g/mol. The summed E-state index contributed by atoms with van der Waals surface area (Å²) in [5.74, 6) is -0.207. The van der Waals surface area contributed by atoms with Gasteiger partial charge in [0, 0.05) is 30.7 Å². The molecule has 0 unspecified atom stereocenters. The third-order valence-corrected chi connectivity index (χ3v) is 6.02. The fraction of sp³-hybridized carbons (Fsp3) is 0.364. The standard InChI is InChI=1S/C22H23F2N7O2.ClH/c1-31-17-7-6-13(33-22(23)24)8-14(17)18(30-31)16-10-27-20-19(29-16)15(9-26-20)21(32)28-12-4-2-11(25)3-5-12;/h6-12,22H,2-5,25H2,1H3,(H,26,27)(H,28,32);1H. The summed E-state index contributed by atoms with van der Waals surface area (Å²) in [6, 6.07) is 4.88. The van der Waals surface area contributed by atoms with Crippen LogP contribution in [0.3, 0.4) is 0 Å². The van der Waals surface area contributed by atoms with Crippen LogP contribution in [0.5, 0.6) is 5.75 Å². The molecule has 0 spiro atoms. The molecule has 1 aromatic carbocycles. The molecule has 5 rings (SSSR count). The van der Waals surface area contributed by atoms with E-state index in [1.807, 2.05) is 0 Å². The molecule has 4 N–H and O–H groups in total. The molecule has 4 aromatic rings. The van der Waals surface area contributed by atoms with E-state index < -0.39 is 6.61 Å². The van der Waals surface area contributed by atoms with Crippen molar-refractivity contribution in [3.05, 3.63) is 36.2 Å². The number of nitrogens with one attached hydrogen (secondary N) is 2. The van der Waals surface area contributed by atoms with Gasteiger partial charge in [0.2, 0.25) is 0 Å². The first-order valence-corrected chi connectivity index (χ1v) is 10.7. The number of alkyl halides is 2. The highest BCUT2D eigenvalue weighted by molar-refractivity contribution is 6.05. The molecule has 0 bridgehead atoms. The molecule has 0 atom stereocenters. The van der Waals surface area contributed by atoms with Crippen molar-refractivity contribution in [2.24, 2.45) is 12.8 Å². The maximum absolute atomic E-state index is 12.9. The van der Waals surface area contributed by atoms with Crippen molar-refractivity contribution in [2.45, 2.75) is 44.4 Å². The Morgan fingerprint density at radius 2 is 2.06 bits per heavy atom. The summed E-state index contributed by atoms with van der Waals surface area (Å²) >= 11 is 0. The topological polar surface area (TPSA) is 124 Å². The number of benzene rings is 1. The van der Waals surface area contributed by atoms with Gasteiger partial charge in [0.05, 0.1) is 17.3 Å². The molecule has 1 amide bonds. The quantitative estimate of drug-likeness (QED) is 0.392. The molecule has 1 aliphatic carbocycles. The first-order chi connectivity index (χ1) is 15.9. The van der Waals surface area contributed by atoms with E-state index in [4.69, 9.17) is 5.73 Å². The zero-order chi connectivity index (χ0) is 23.1. The van der Waals surface area contributed by atoms with Gasteiger partial charge in [-0.25, -0.2) is 9.97 Å². The maximum atomic E-state index is 12.9. The van der Waals surface area contributed by atoms with Gasteiger partial charge in [-0.1, -0.05) is 0 Å². The number of fused-ring (bicyclic) bond motifs is 2. The van der Waals surface area contributed by atoms with Crippen LogP contribution in [0.1, 0.15) is 36.0 Å². The summed E-state index contributed by atoms with van der Waals surface area (Å²) in [6.07, 6.45) is 6.57. The van der Waals surface area contributed by atoms with Crippen molar-refractivity contribution in [3.8, 4) is 17.1 Å². The van der Waals surface area contributed by atoms with Gasteiger partial charge in [0.15, 0.2) is 5.65 Å². The van der Waals surface area contributed by atoms with Crippen molar-refractivity contribution in [1.29, 1.82) is 0 Å². The number of ether oxygens (including phenoxy) is 1. The highest BCUT2D eigenvalue weighted by atomic mass is 35.5. The van der Waals surface area contributed by atoms with Crippen molar-refractivity contribution in [1.82, 2.24) is 30.0 Å². The smallest absolute Gasteiger partial charge is 0.387 e. The van der Waals surface area contributed by atoms with Gasteiger partial charge >= 0.3 is 6.61 Å². The number of aryl methyl sites for hydroxylation is 1. The number of carbonyl (C=O) groups excluding carboxylic acids is 1. The lowest BCUT2D eigenvalue weighted by molar-refractivity contribution is -0.0497. The van der Waals surface area contributed by atoms with Crippen LogP contribution in [0.25, 0.3) is 33.5 Å². The van der Waals surface area contributed by atoms with Crippen LogP contribution in [0, 0.1) is 0 Å². The third kappa shape index (κ3) is 4.53. The van der Waals surface area contributed by atoms with Gasteiger partial charge in [0.25, 0.3) is 5.91 Å². The number of aromatic amines is 1. The largest absolute Gasteiger partial charge is 0.435 e. The maximum Gasteiger partial charge on any atom is 0.387 e. The highest BCUT2D eigenvalue weighted by Crippen LogP contribution is 2.31. The minimum Gasteiger partial charge on any atom is -0.435 e. The van der Waals surface area contributed by atoms with Crippen LogP contribution in [0.2, 0.25) is 0 Å². The average Bonchev–Trinajstić information content (AvgIpc) is 3.35. The first kappa shape index (κ1) is 23.8. The Morgan fingerprint density at radius 3 is 2.79 bits per heavy atom. The van der Waals surface area contributed by atoms with Crippen LogP contribution in [-0.2, 0) is 7.05 Å². The lowest BCUT2D eigenvalue weighted by atomic mass is 9.92. The molecular formula is C22H24ClF2N7O2. The molecule has 1 saturated carbocycles. The van der Waals surface area contributed by atoms with Gasteiger partial charge in [-0.05, 0) is 43.9 Å². The first-order valence-electron chi connectivity index (χ1n) is 10.7. The molecule has 3 heterocycles. The minimum atomic E-state index is -2.93. The van der Waals surface area contributed by atoms with E-state index in [1.54, 1.807) is 24.0 Å². The Kier molecular flexibility index (Phi) is 6.67. The SMILES string of the molecule is Cl.Cn1nc(-c2cnc3[nH]cc(C(=O)NC4CCC(N)CC4)c3n2)c2cc(OC(F)F)ccc21. The minimum absolute atomic E-state index is 0. The second kappa shape index (κ2) is 9.51.